The highest BCUT2D eigenvalue weighted by atomic mass is 19.1. The van der Waals surface area contributed by atoms with E-state index in [2.05, 4.69) is 6.92 Å². The third-order valence-corrected chi connectivity index (χ3v) is 4.65. The van der Waals surface area contributed by atoms with Gasteiger partial charge in [0.2, 0.25) is 0 Å². The lowest BCUT2D eigenvalue weighted by Gasteiger charge is -2.25. The maximum absolute atomic E-state index is 13.9. The maximum Gasteiger partial charge on any atom is 0.124 e. The van der Waals surface area contributed by atoms with Gasteiger partial charge in [0, 0.05) is 5.92 Å². The summed E-state index contributed by atoms with van der Waals surface area (Å²) in [6.07, 6.45) is 13.4. The number of rotatable bonds is 5. The fraction of sp³-hybridized carbons (Fsp3) is 0.765. The highest BCUT2D eigenvalue weighted by molar-refractivity contribution is 5.31. The van der Waals surface area contributed by atoms with E-state index in [0.717, 1.165) is 37.2 Å². The second-order valence-corrected chi connectivity index (χ2v) is 6.19. The number of aliphatic hydroxyl groups is 1. The average Bonchev–Trinajstić information content (AvgIpc) is 2.42. The zero-order valence-electron chi connectivity index (χ0n) is 12.1. The zero-order chi connectivity index (χ0) is 13.7. The Morgan fingerprint density at radius 2 is 1.89 bits per heavy atom. The molecule has 1 fully saturated rings. The van der Waals surface area contributed by atoms with E-state index < -0.39 is 6.10 Å². The Bertz CT molecular complexity index is 339. The van der Waals surface area contributed by atoms with Crippen molar-refractivity contribution in [3.63, 3.8) is 0 Å². The van der Waals surface area contributed by atoms with Crippen molar-refractivity contribution in [1.29, 1.82) is 0 Å². The molecular formula is C17H27FO. The number of allylic oxidation sites excluding steroid dienone is 2. The monoisotopic (exact) mass is 266 g/mol. The summed E-state index contributed by atoms with van der Waals surface area (Å²) in [5, 5.41) is 9.84. The smallest absolute Gasteiger partial charge is 0.124 e. The molecule has 0 spiro atoms. The molecular weight excluding hydrogens is 239 g/mol. The molecule has 0 saturated heterocycles. The molecule has 2 aliphatic carbocycles. The van der Waals surface area contributed by atoms with E-state index in [1.165, 1.54) is 38.2 Å². The first-order valence-electron chi connectivity index (χ1n) is 7.97. The maximum atomic E-state index is 13.9. The van der Waals surface area contributed by atoms with Crippen LogP contribution in [0.5, 0.6) is 0 Å². The molecule has 2 atom stereocenters. The summed E-state index contributed by atoms with van der Waals surface area (Å²) in [6, 6.07) is 0. The van der Waals surface area contributed by atoms with E-state index in [0.29, 0.717) is 0 Å². The van der Waals surface area contributed by atoms with Gasteiger partial charge in [-0.3, -0.25) is 0 Å². The first-order valence-corrected chi connectivity index (χ1v) is 7.97. The second kappa shape index (κ2) is 7.23. The van der Waals surface area contributed by atoms with Gasteiger partial charge >= 0.3 is 0 Å². The van der Waals surface area contributed by atoms with Gasteiger partial charge in [-0.1, -0.05) is 51.5 Å². The molecule has 0 aromatic rings. The Labute approximate surface area is 116 Å². The summed E-state index contributed by atoms with van der Waals surface area (Å²) in [4.78, 5) is 0. The summed E-state index contributed by atoms with van der Waals surface area (Å²) in [7, 11) is 0. The first kappa shape index (κ1) is 14.8. The van der Waals surface area contributed by atoms with Crippen molar-refractivity contribution in [2.24, 2.45) is 11.8 Å². The van der Waals surface area contributed by atoms with Crippen molar-refractivity contribution in [2.75, 3.05) is 0 Å². The molecule has 0 aromatic carbocycles. The Balaban J connectivity index is 1.89. The quantitative estimate of drug-likeness (QED) is 0.749. The summed E-state index contributed by atoms with van der Waals surface area (Å²) in [5.41, 5.74) is 0.842. The van der Waals surface area contributed by atoms with Crippen LogP contribution in [0.1, 0.15) is 64.7 Å². The molecule has 0 heterocycles. The summed E-state index contributed by atoms with van der Waals surface area (Å²) >= 11 is 0. The molecule has 2 unspecified atom stereocenters. The molecule has 0 radical (unpaired) electrons. The van der Waals surface area contributed by atoms with Crippen LogP contribution in [-0.2, 0) is 0 Å². The van der Waals surface area contributed by atoms with Crippen molar-refractivity contribution in [2.45, 2.75) is 70.8 Å². The van der Waals surface area contributed by atoms with E-state index >= 15 is 0 Å². The average molecular weight is 266 g/mol. The van der Waals surface area contributed by atoms with Crippen LogP contribution in [0.3, 0.4) is 0 Å². The number of halogens is 1. The Hall–Kier alpha value is -0.630. The third kappa shape index (κ3) is 4.17. The molecule has 0 amide bonds. The van der Waals surface area contributed by atoms with Crippen molar-refractivity contribution in [3.05, 3.63) is 23.6 Å². The minimum absolute atomic E-state index is 0.117. The molecule has 19 heavy (non-hydrogen) atoms. The van der Waals surface area contributed by atoms with E-state index in [1.54, 1.807) is 0 Å². The molecule has 0 bridgehead atoms. The van der Waals surface area contributed by atoms with E-state index in [-0.39, 0.29) is 11.7 Å². The van der Waals surface area contributed by atoms with Crippen LogP contribution in [0.2, 0.25) is 0 Å². The molecule has 0 aliphatic heterocycles. The number of aliphatic hydroxyl groups excluding tert-OH is 1. The SMILES string of the molecule is CCCC1C=C(CCC2CCCCC2)C(F)=CC1O. The first-order chi connectivity index (χ1) is 9.20. The Morgan fingerprint density at radius 3 is 2.58 bits per heavy atom. The molecule has 2 heteroatoms. The Morgan fingerprint density at radius 1 is 1.16 bits per heavy atom. The minimum Gasteiger partial charge on any atom is -0.388 e. The van der Waals surface area contributed by atoms with Crippen molar-refractivity contribution in [3.8, 4) is 0 Å². The van der Waals surface area contributed by atoms with Crippen LogP contribution < -0.4 is 0 Å². The van der Waals surface area contributed by atoms with Crippen molar-refractivity contribution in [1.82, 2.24) is 0 Å². The largest absolute Gasteiger partial charge is 0.388 e. The van der Waals surface area contributed by atoms with E-state index in [4.69, 9.17) is 0 Å². The predicted molar refractivity (Wildman–Crippen MR) is 77.5 cm³/mol. The number of hydrogen-bond acceptors (Lipinski definition) is 1. The van der Waals surface area contributed by atoms with Gasteiger partial charge in [0.15, 0.2) is 0 Å². The normalized spacial score (nSPS) is 29.0. The molecule has 1 saturated carbocycles. The summed E-state index contributed by atoms with van der Waals surface area (Å²) in [6.45, 7) is 2.11. The van der Waals surface area contributed by atoms with Gasteiger partial charge in [0.1, 0.15) is 5.83 Å². The molecule has 0 aromatic heterocycles. The number of hydrogen-bond donors (Lipinski definition) is 1. The lowest BCUT2D eigenvalue weighted by atomic mass is 9.83. The Kier molecular flexibility index (Phi) is 5.62. The van der Waals surface area contributed by atoms with Gasteiger partial charge in [-0.05, 0) is 36.8 Å². The zero-order valence-corrected chi connectivity index (χ0v) is 12.1. The lowest BCUT2D eigenvalue weighted by molar-refractivity contribution is 0.164. The topological polar surface area (TPSA) is 20.2 Å². The van der Waals surface area contributed by atoms with E-state index in [9.17, 15) is 9.50 Å². The van der Waals surface area contributed by atoms with Gasteiger partial charge in [-0.25, -0.2) is 4.39 Å². The van der Waals surface area contributed by atoms with Gasteiger partial charge in [-0.15, -0.1) is 0 Å². The minimum atomic E-state index is -0.626. The summed E-state index contributed by atoms with van der Waals surface area (Å²) < 4.78 is 13.9. The highest BCUT2D eigenvalue weighted by Crippen LogP contribution is 2.33. The molecule has 1 nitrogen and oxygen atoms in total. The standard InChI is InChI=1S/C17H27FO/c1-2-6-15-11-14(16(18)12-17(15)19)10-9-13-7-4-3-5-8-13/h11-13,15,17,19H,2-10H2,1H3. The van der Waals surface area contributed by atoms with Crippen LogP contribution in [0, 0.1) is 11.8 Å². The van der Waals surface area contributed by atoms with Gasteiger partial charge in [0.05, 0.1) is 6.10 Å². The fourth-order valence-electron chi connectivity index (χ4n) is 3.44. The van der Waals surface area contributed by atoms with Crippen molar-refractivity contribution < 1.29 is 9.50 Å². The van der Waals surface area contributed by atoms with E-state index in [1.807, 2.05) is 6.08 Å². The van der Waals surface area contributed by atoms with Crippen LogP contribution in [0.15, 0.2) is 23.6 Å². The lowest BCUT2D eigenvalue weighted by Crippen LogP contribution is -2.20. The predicted octanol–water partition coefficient (Wildman–Crippen LogP) is 4.92. The van der Waals surface area contributed by atoms with Gasteiger partial charge < -0.3 is 5.11 Å². The summed E-state index contributed by atoms with van der Waals surface area (Å²) in [5.74, 6) is 0.723. The van der Waals surface area contributed by atoms with Gasteiger partial charge in [0.25, 0.3) is 0 Å². The van der Waals surface area contributed by atoms with Crippen LogP contribution in [-0.4, -0.2) is 11.2 Å². The second-order valence-electron chi connectivity index (χ2n) is 6.19. The van der Waals surface area contributed by atoms with Gasteiger partial charge in [-0.2, -0.15) is 0 Å². The van der Waals surface area contributed by atoms with Crippen LogP contribution in [0.25, 0.3) is 0 Å². The molecule has 1 N–H and O–H groups in total. The molecule has 108 valence electrons. The third-order valence-electron chi connectivity index (χ3n) is 4.65. The molecule has 2 aliphatic rings. The van der Waals surface area contributed by atoms with Crippen LogP contribution >= 0.6 is 0 Å². The molecule has 2 rings (SSSR count). The van der Waals surface area contributed by atoms with Crippen molar-refractivity contribution >= 4 is 0 Å². The van der Waals surface area contributed by atoms with Crippen LogP contribution in [0.4, 0.5) is 4.39 Å². The highest BCUT2D eigenvalue weighted by Gasteiger charge is 2.23. The fourth-order valence-corrected chi connectivity index (χ4v) is 3.44.